The summed E-state index contributed by atoms with van der Waals surface area (Å²) in [7, 11) is 5.00. The molecule has 1 aromatic rings. The van der Waals surface area contributed by atoms with Crippen molar-refractivity contribution in [3.05, 3.63) is 23.8 Å². The number of benzene rings is 1. The molecule has 0 radical (unpaired) electrons. The molecule has 0 bridgehead atoms. The van der Waals surface area contributed by atoms with E-state index in [2.05, 4.69) is 12.2 Å². The van der Waals surface area contributed by atoms with Gasteiger partial charge in [0.25, 0.3) is 0 Å². The van der Waals surface area contributed by atoms with Crippen LogP contribution in [-0.4, -0.2) is 34.0 Å². The van der Waals surface area contributed by atoms with Crippen LogP contribution >= 0.6 is 0 Å². The molecule has 4 heteroatoms. The van der Waals surface area contributed by atoms with Gasteiger partial charge in [-0.2, -0.15) is 0 Å². The van der Waals surface area contributed by atoms with Crippen LogP contribution in [0.15, 0.2) is 18.2 Å². The van der Waals surface area contributed by atoms with Crippen LogP contribution < -0.4 is 14.8 Å². The normalized spacial score (nSPS) is 14.1. The van der Waals surface area contributed by atoms with Crippen molar-refractivity contribution in [1.82, 2.24) is 5.32 Å². The maximum atomic E-state index is 5.41. The molecular formula is C14H23NO3. The highest BCUT2D eigenvalue weighted by molar-refractivity contribution is 5.44. The lowest BCUT2D eigenvalue weighted by molar-refractivity contribution is 0.0835. The quantitative estimate of drug-likeness (QED) is 0.810. The van der Waals surface area contributed by atoms with E-state index in [9.17, 15) is 0 Å². The van der Waals surface area contributed by atoms with Crippen molar-refractivity contribution in [3.8, 4) is 11.5 Å². The first kappa shape index (κ1) is 14.8. The Morgan fingerprint density at radius 2 is 1.78 bits per heavy atom. The summed E-state index contributed by atoms with van der Waals surface area (Å²) < 4.78 is 16.0. The molecule has 0 heterocycles. The first-order valence-corrected chi connectivity index (χ1v) is 6.16. The van der Waals surface area contributed by atoms with E-state index in [1.165, 1.54) is 0 Å². The van der Waals surface area contributed by atoms with E-state index in [0.717, 1.165) is 23.6 Å². The number of ether oxygens (including phenoxy) is 3. The number of hydrogen-bond acceptors (Lipinski definition) is 4. The van der Waals surface area contributed by atoms with Crippen LogP contribution in [0, 0.1) is 0 Å². The minimum Gasteiger partial charge on any atom is -0.493 e. The highest BCUT2D eigenvalue weighted by atomic mass is 16.5. The van der Waals surface area contributed by atoms with E-state index in [4.69, 9.17) is 14.2 Å². The van der Waals surface area contributed by atoms with Gasteiger partial charge in [0.2, 0.25) is 0 Å². The van der Waals surface area contributed by atoms with Crippen LogP contribution in [-0.2, 0) is 4.74 Å². The molecular weight excluding hydrogens is 230 g/mol. The van der Waals surface area contributed by atoms with Crippen molar-refractivity contribution in [3.63, 3.8) is 0 Å². The molecule has 0 aliphatic heterocycles. The highest BCUT2D eigenvalue weighted by Gasteiger charge is 2.19. The number of nitrogens with one attached hydrogen (secondary N) is 1. The zero-order valence-electron chi connectivity index (χ0n) is 11.8. The minimum atomic E-state index is 0.0862. The van der Waals surface area contributed by atoms with Gasteiger partial charge in [0.15, 0.2) is 11.5 Å². The summed E-state index contributed by atoms with van der Waals surface area (Å²) in [4.78, 5) is 0. The largest absolute Gasteiger partial charge is 0.493 e. The van der Waals surface area contributed by atoms with Crippen LogP contribution in [0.3, 0.4) is 0 Å². The Morgan fingerprint density at radius 1 is 1.11 bits per heavy atom. The SMILES string of the molecule is CCNC(c1ccc(OC)c(OC)c1)C(C)OC. The first-order chi connectivity index (χ1) is 8.67. The van der Waals surface area contributed by atoms with Crippen molar-refractivity contribution >= 4 is 0 Å². The Kier molecular flexibility index (Phi) is 5.95. The van der Waals surface area contributed by atoms with Gasteiger partial charge in [-0.05, 0) is 31.2 Å². The summed E-state index contributed by atoms with van der Waals surface area (Å²) in [5.41, 5.74) is 1.13. The second-order valence-corrected chi connectivity index (χ2v) is 4.09. The molecule has 0 amide bonds. The van der Waals surface area contributed by atoms with Gasteiger partial charge in [0, 0.05) is 7.11 Å². The second-order valence-electron chi connectivity index (χ2n) is 4.09. The summed E-state index contributed by atoms with van der Waals surface area (Å²) in [6, 6.07) is 6.08. The van der Waals surface area contributed by atoms with Crippen LogP contribution in [0.5, 0.6) is 11.5 Å². The molecule has 0 aliphatic rings. The topological polar surface area (TPSA) is 39.7 Å². The Balaban J connectivity index is 3.04. The number of likely N-dealkylation sites (N-methyl/N-ethyl adjacent to an activating group) is 1. The molecule has 0 saturated heterocycles. The molecule has 1 rings (SSSR count). The van der Waals surface area contributed by atoms with Crippen LogP contribution in [0.4, 0.5) is 0 Å². The molecule has 0 aliphatic carbocycles. The van der Waals surface area contributed by atoms with Crippen LogP contribution in [0.1, 0.15) is 25.5 Å². The third-order valence-corrected chi connectivity index (χ3v) is 3.03. The standard InChI is InChI=1S/C14H23NO3/c1-6-15-14(10(2)16-3)11-7-8-12(17-4)13(9-11)18-5/h7-10,14-15H,6H2,1-5H3. The van der Waals surface area contributed by atoms with Gasteiger partial charge < -0.3 is 19.5 Å². The van der Waals surface area contributed by atoms with E-state index >= 15 is 0 Å². The summed E-state index contributed by atoms with van der Waals surface area (Å²) >= 11 is 0. The molecule has 0 fully saturated rings. The Bertz CT molecular complexity index is 368. The maximum Gasteiger partial charge on any atom is 0.161 e. The van der Waals surface area contributed by atoms with Gasteiger partial charge >= 0.3 is 0 Å². The second kappa shape index (κ2) is 7.24. The monoisotopic (exact) mass is 253 g/mol. The fourth-order valence-electron chi connectivity index (χ4n) is 1.96. The Morgan fingerprint density at radius 3 is 2.28 bits per heavy atom. The van der Waals surface area contributed by atoms with Crippen LogP contribution in [0.2, 0.25) is 0 Å². The zero-order chi connectivity index (χ0) is 13.5. The van der Waals surface area contributed by atoms with Crippen molar-refractivity contribution < 1.29 is 14.2 Å². The summed E-state index contributed by atoms with van der Waals surface area (Å²) in [6.45, 7) is 5.01. The van der Waals surface area contributed by atoms with Crippen molar-refractivity contribution in [2.45, 2.75) is 26.0 Å². The van der Waals surface area contributed by atoms with E-state index < -0.39 is 0 Å². The average Bonchev–Trinajstić information content (AvgIpc) is 2.43. The molecule has 1 N–H and O–H groups in total. The molecule has 0 saturated carbocycles. The lowest BCUT2D eigenvalue weighted by Crippen LogP contribution is -2.31. The van der Waals surface area contributed by atoms with Crippen molar-refractivity contribution in [2.24, 2.45) is 0 Å². The van der Waals surface area contributed by atoms with E-state index in [-0.39, 0.29) is 12.1 Å². The zero-order valence-corrected chi connectivity index (χ0v) is 11.8. The van der Waals surface area contributed by atoms with Gasteiger partial charge in [-0.15, -0.1) is 0 Å². The fourth-order valence-corrected chi connectivity index (χ4v) is 1.96. The number of methoxy groups -OCH3 is 3. The maximum absolute atomic E-state index is 5.41. The van der Waals surface area contributed by atoms with Crippen LogP contribution in [0.25, 0.3) is 0 Å². The summed E-state index contributed by atoms with van der Waals surface area (Å²) in [6.07, 6.45) is 0.0862. The summed E-state index contributed by atoms with van der Waals surface area (Å²) in [5.74, 6) is 1.47. The number of rotatable bonds is 7. The third kappa shape index (κ3) is 3.37. The Hall–Kier alpha value is -1.26. The molecule has 2 unspecified atom stereocenters. The van der Waals surface area contributed by atoms with Crippen molar-refractivity contribution in [1.29, 1.82) is 0 Å². The van der Waals surface area contributed by atoms with Crippen molar-refractivity contribution in [2.75, 3.05) is 27.9 Å². The van der Waals surface area contributed by atoms with E-state index in [0.29, 0.717) is 0 Å². The molecule has 4 nitrogen and oxygen atoms in total. The first-order valence-electron chi connectivity index (χ1n) is 6.16. The highest BCUT2D eigenvalue weighted by Crippen LogP contribution is 2.31. The molecule has 0 aromatic heterocycles. The van der Waals surface area contributed by atoms with E-state index in [1.807, 2.05) is 25.1 Å². The third-order valence-electron chi connectivity index (χ3n) is 3.03. The smallest absolute Gasteiger partial charge is 0.161 e. The minimum absolute atomic E-state index is 0.0862. The molecule has 2 atom stereocenters. The van der Waals surface area contributed by atoms with Gasteiger partial charge in [-0.25, -0.2) is 0 Å². The predicted octanol–water partition coefficient (Wildman–Crippen LogP) is 2.39. The summed E-state index contributed by atoms with van der Waals surface area (Å²) in [5, 5.41) is 3.42. The average molecular weight is 253 g/mol. The molecule has 102 valence electrons. The van der Waals surface area contributed by atoms with Gasteiger partial charge in [-0.1, -0.05) is 13.0 Å². The Labute approximate surface area is 109 Å². The lowest BCUT2D eigenvalue weighted by Gasteiger charge is -2.24. The number of hydrogen-bond donors (Lipinski definition) is 1. The van der Waals surface area contributed by atoms with E-state index in [1.54, 1.807) is 21.3 Å². The predicted molar refractivity (Wildman–Crippen MR) is 72.4 cm³/mol. The molecule has 0 spiro atoms. The molecule has 1 aromatic carbocycles. The fraction of sp³-hybridized carbons (Fsp3) is 0.571. The lowest BCUT2D eigenvalue weighted by atomic mass is 10.0. The van der Waals surface area contributed by atoms with Gasteiger partial charge in [0.1, 0.15) is 0 Å². The van der Waals surface area contributed by atoms with Gasteiger partial charge in [-0.3, -0.25) is 0 Å². The van der Waals surface area contributed by atoms with Gasteiger partial charge in [0.05, 0.1) is 26.4 Å². The molecule has 18 heavy (non-hydrogen) atoms.